The molecule has 0 bridgehead atoms. The number of carbonyl (C=O) groups is 1. The highest BCUT2D eigenvalue weighted by atomic mass is 16.2. The Labute approximate surface area is 112 Å². The number of carbonyl (C=O) groups excluding carboxylic acids is 1. The van der Waals surface area contributed by atoms with Gasteiger partial charge in [0.25, 0.3) is 0 Å². The summed E-state index contributed by atoms with van der Waals surface area (Å²) in [6.45, 7) is 5.79. The van der Waals surface area contributed by atoms with Gasteiger partial charge < -0.3 is 4.90 Å². The van der Waals surface area contributed by atoms with Crippen molar-refractivity contribution in [2.45, 2.75) is 52.4 Å². The number of hydrogen-bond acceptors (Lipinski definition) is 1. The summed E-state index contributed by atoms with van der Waals surface area (Å²) in [5.41, 5.74) is 0. The minimum absolute atomic E-state index is 0.275. The molecule has 0 aromatic rings. The Morgan fingerprint density at radius 1 is 1.39 bits per heavy atom. The van der Waals surface area contributed by atoms with E-state index in [1.54, 1.807) is 0 Å². The van der Waals surface area contributed by atoms with Crippen LogP contribution < -0.4 is 0 Å². The molecule has 1 rings (SSSR count). The molecule has 1 aliphatic rings. The predicted molar refractivity (Wildman–Crippen MR) is 77.4 cm³/mol. The van der Waals surface area contributed by atoms with E-state index in [2.05, 4.69) is 31.2 Å². The van der Waals surface area contributed by atoms with Gasteiger partial charge in [-0.15, -0.1) is 0 Å². The van der Waals surface area contributed by atoms with Crippen LogP contribution in [0.15, 0.2) is 24.3 Å². The fourth-order valence-corrected chi connectivity index (χ4v) is 2.26. The van der Waals surface area contributed by atoms with Crippen LogP contribution in [0.3, 0.4) is 0 Å². The largest absolute Gasteiger partial charge is 0.339 e. The summed E-state index contributed by atoms with van der Waals surface area (Å²) < 4.78 is 0. The van der Waals surface area contributed by atoms with Crippen LogP contribution in [0, 0.1) is 5.92 Å². The van der Waals surface area contributed by atoms with E-state index in [1.807, 2.05) is 11.8 Å². The van der Waals surface area contributed by atoms with Crippen molar-refractivity contribution in [3.05, 3.63) is 24.3 Å². The Morgan fingerprint density at radius 3 is 2.83 bits per heavy atom. The summed E-state index contributed by atoms with van der Waals surface area (Å²) in [5, 5.41) is 0. The van der Waals surface area contributed by atoms with Gasteiger partial charge in [0.15, 0.2) is 0 Å². The Bertz CT molecular complexity index is 293. The molecule has 2 heteroatoms. The SMILES string of the molecule is CCCCN(C/C=C/C1CC=CCC1)C(=O)CC. The lowest BCUT2D eigenvalue weighted by Gasteiger charge is -2.21. The normalized spacial score (nSPS) is 19.3. The minimum atomic E-state index is 0.275. The summed E-state index contributed by atoms with van der Waals surface area (Å²) in [6.07, 6.45) is 15.5. The Balaban J connectivity index is 2.37. The van der Waals surface area contributed by atoms with Crippen LogP contribution in [0.2, 0.25) is 0 Å². The van der Waals surface area contributed by atoms with Crippen molar-refractivity contribution in [1.82, 2.24) is 4.90 Å². The fraction of sp³-hybridized carbons (Fsp3) is 0.688. The summed E-state index contributed by atoms with van der Waals surface area (Å²) in [7, 11) is 0. The van der Waals surface area contributed by atoms with Gasteiger partial charge in [0, 0.05) is 19.5 Å². The number of amides is 1. The monoisotopic (exact) mass is 249 g/mol. The lowest BCUT2D eigenvalue weighted by Crippen LogP contribution is -2.31. The van der Waals surface area contributed by atoms with Crippen LogP contribution in [0.1, 0.15) is 52.4 Å². The molecule has 0 spiro atoms. The molecule has 0 aliphatic heterocycles. The maximum absolute atomic E-state index is 11.8. The minimum Gasteiger partial charge on any atom is -0.339 e. The third kappa shape index (κ3) is 5.52. The Morgan fingerprint density at radius 2 is 2.22 bits per heavy atom. The Hall–Kier alpha value is -1.05. The van der Waals surface area contributed by atoms with E-state index in [9.17, 15) is 4.79 Å². The van der Waals surface area contributed by atoms with E-state index in [0.29, 0.717) is 12.3 Å². The highest BCUT2D eigenvalue weighted by molar-refractivity contribution is 5.75. The molecular formula is C16H27NO. The van der Waals surface area contributed by atoms with E-state index in [4.69, 9.17) is 0 Å². The second-order valence-electron chi connectivity index (χ2n) is 5.02. The maximum atomic E-state index is 11.8. The molecule has 2 nitrogen and oxygen atoms in total. The van der Waals surface area contributed by atoms with Crippen LogP contribution in [0.25, 0.3) is 0 Å². The van der Waals surface area contributed by atoms with E-state index >= 15 is 0 Å². The van der Waals surface area contributed by atoms with Crippen LogP contribution in [0.4, 0.5) is 0 Å². The van der Waals surface area contributed by atoms with E-state index < -0.39 is 0 Å². The molecule has 0 saturated carbocycles. The molecule has 0 fully saturated rings. The average Bonchev–Trinajstić information content (AvgIpc) is 2.43. The van der Waals surface area contributed by atoms with Gasteiger partial charge in [-0.05, 0) is 31.6 Å². The first-order valence-corrected chi connectivity index (χ1v) is 7.37. The first-order valence-electron chi connectivity index (χ1n) is 7.37. The van der Waals surface area contributed by atoms with Crippen LogP contribution in [-0.4, -0.2) is 23.9 Å². The second-order valence-corrected chi connectivity index (χ2v) is 5.02. The summed E-state index contributed by atoms with van der Waals surface area (Å²) in [6, 6.07) is 0. The zero-order chi connectivity index (χ0) is 13.2. The van der Waals surface area contributed by atoms with E-state index in [1.165, 1.54) is 12.8 Å². The lowest BCUT2D eigenvalue weighted by molar-refractivity contribution is -0.130. The van der Waals surface area contributed by atoms with Crippen molar-refractivity contribution in [1.29, 1.82) is 0 Å². The van der Waals surface area contributed by atoms with E-state index in [-0.39, 0.29) is 5.91 Å². The highest BCUT2D eigenvalue weighted by Gasteiger charge is 2.09. The smallest absolute Gasteiger partial charge is 0.222 e. The van der Waals surface area contributed by atoms with E-state index in [0.717, 1.165) is 32.4 Å². The number of allylic oxidation sites excluding steroid dienone is 3. The molecule has 1 amide bonds. The van der Waals surface area contributed by atoms with Crippen molar-refractivity contribution < 1.29 is 4.79 Å². The average molecular weight is 249 g/mol. The maximum Gasteiger partial charge on any atom is 0.222 e. The molecule has 1 unspecified atom stereocenters. The number of rotatable bonds is 7. The van der Waals surface area contributed by atoms with Gasteiger partial charge in [0.05, 0.1) is 0 Å². The molecule has 0 saturated heterocycles. The molecule has 1 aliphatic carbocycles. The summed E-state index contributed by atoms with van der Waals surface area (Å²) >= 11 is 0. The standard InChI is InChI=1S/C16H27NO/c1-3-5-13-17(16(18)4-2)14-9-12-15-10-7-6-8-11-15/h6-7,9,12,15H,3-5,8,10-11,13-14H2,1-2H3/b12-9+. The second kappa shape index (κ2) is 8.96. The van der Waals surface area contributed by atoms with Crippen LogP contribution in [-0.2, 0) is 4.79 Å². The van der Waals surface area contributed by atoms with Gasteiger partial charge in [0.1, 0.15) is 0 Å². The molecule has 18 heavy (non-hydrogen) atoms. The number of unbranched alkanes of at least 4 members (excludes halogenated alkanes) is 1. The predicted octanol–water partition coefficient (Wildman–Crippen LogP) is 3.94. The Kier molecular flexibility index (Phi) is 7.47. The van der Waals surface area contributed by atoms with Gasteiger partial charge in [0.2, 0.25) is 5.91 Å². The quantitative estimate of drug-likeness (QED) is 0.626. The lowest BCUT2D eigenvalue weighted by atomic mass is 9.94. The van der Waals surface area contributed by atoms with Crippen molar-refractivity contribution in [2.75, 3.05) is 13.1 Å². The molecular weight excluding hydrogens is 222 g/mol. The zero-order valence-electron chi connectivity index (χ0n) is 11.9. The van der Waals surface area contributed by atoms with Crippen molar-refractivity contribution >= 4 is 5.91 Å². The number of nitrogens with zero attached hydrogens (tertiary/aromatic N) is 1. The zero-order valence-corrected chi connectivity index (χ0v) is 11.9. The molecule has 0 aromatic carbocycles. The molecule has 0 N–H and O–H groups in total. The summed E-state index contributed by atoms with van der Waals surface area (Å²) in [4.78, 5) is 13.8. The van der Waals surface area contributed by atoms with Gasteiger partial charge >= 0.3 is 0 Å². The van der Waals surface area contributed by atoms with Crippen LogP contribution in [0.5, 0.6) is 0 Å². The topological polar surface area (TPSA) is 20.3 Å². The number of hydrogen-bond donors (Lipinski definition) is 0. The van der Waals surface area contributed by atoms with Crippen LogP contribution >= 0.6 is 0 Å². The first-order chi connectivity index (χ1) is 8.77. The van der Waals surface area contributed by atoms with Gasteiger partial charge in [-0.25, -0.2) is 0 Å². The molecule has 102 valence electrons. The molecule has 1 atom stereocenters. The summed E-state index contributed by atoms with van der Waals surface area (Å²) in [5.74, 6) is 0.955. The van der Waals surface area contributed by atoms with Gasteiger partial charge in [-0.1, -0.05) is 44.6 Å². The fourth-order valence-electron chi connectivity index (χ4n) is 2.26. The van der Waals surface area contributed by atoms with Crippen molar-refractivity contribution in [3.63, 3.8) is 0 Å². The van der Waals surface area contributed by atoms with Gasteiger partial charge in [-0.3, -0.25) is 4.79 Å². The third-order valence-electron chi connectivity index (χ3n) is 3.48. The highest BCUT2D eigenvalue weighted by Crippen LogP contribution is 2.19. The first kappa shape index (κ1) is 15.0. The van der Waals surface area contributed by atoms with Crippen molar-refractivity contribution in [3.8, 4) is 0 Å². The molecule has 0 aromatic heterocycles. The molecule has 0 heterocycles. The molecule has 0 radical (unpaired) electrons. The third-order valence-corrected chi connectivity index (χ3v) is 3.48. The van der Waals surface area contributed by atoms with Crippen molar-refractivity contribution in [2.24, 2.45) is 5.92 Å². The van der Waals surface area contributed by atoms with Gasteiger partial charge in [-0.2, -0.15) is 0 Å².